The molecule has 4 nitrogen and oxygen atoms in total. The van der Waals surface area contributed by atoms with Crippen molar-refractivity contribution >= 4 is 28.7 Å². The van der Waals surface area contributed by atoms with Crippen molar-refractivity contribution < 1.29 is 4.79 Å². The highest BCUT2D eigenvalue weighted by Gasteiger charge is 2.05. The molecule has 0 aliphatic rings. The summed E-state index contributed by atoms with van der Waals surface area (Å²) < 4.78 is 0. The highest BCUT2D eigenvalue weighted by atomic mass is 16.1. The van der Waals surface area contributed by atoms with Crippen molar-refractivity contribution in [2.45, 2.75) is 34.1 Å². The topological polar surface area (TPSA) is 44.4 Å². The van der Waals surface area contributed by atoms with Gasteiger partial charge in [0.15, 0.2) is 0 Å². The molecule has 4 heteroatoms. The van der Waals surface area contributed by atoms with Crippen LogP contribution in [0.1, 0.15) is 34.1 Å². The highest BCUT2D eigenvalue weighted by molar-refractivity contribution is 5.91. The van der Waals surface area contributed by atoms with Gasteiger partial charge in [0.25, 0.3) is 0 Å². The zero-order valence-corrected chi connectivity index (χ0v) is 15.7. The molecule has 0 unspecified atom stereocenters. The summed E-state index contributed by atoms with van der Waals surface area (Å²) >= 11 is 0. The molecule has 0 radical (unpaired) electrons. The quantitative estimate of drug-likeness (QED) is 0.689. The van der Waals surface area contributed by atoms with Gasteiger partial charge in [0.1, 0.15) is 0 Å². The van der Waals surface area contributed by atoms with E-state index in [4.69, 9.17) is 0 Å². The van der Waals surface area contributed by atoms with E-state index in [-0.39, 0.29) is 5.91 Å². The summed E-state index contributed by atoms with van der Waals surface area (Å²) in [5.41, 5.74) is 4.11. The Kier molecular flexibility index (Phi) is 6.87. The Balaban J connectivity index is 1.95. The summed E-state index contributed by atoms with van der Waals surface area (Å²) in [5, 5.41) is 6.31. The van der Waals surface area contributed by atoms with E-state index in [0.29, 0.717) is 12.3 Å². The molecule has 0 fully saturated rings. The second-order valence-corrected chi connectivity index (χ2v) is 6.57. The second-order valence-electron chi connectivity index (χ2n) is 6.57. The van der Waals surface area contributed by atoms with Gasteiger partial charge in [-0.1, -0.05) is 13.8 Å². The number of rotatable bonds is 8. The first-order chi connectivity index (χ1) is 12.0. The fraction of sp³-hybridized carbons (Fsp3) is 0.381. The summed E-state index contributed by atoms with van der Waals surface area (Å²) in [7, 11) is 0. The van der Waals surface area contributed by atoms with Gasteiger partial charge >= 0.3 is 0 Å². The molecule has 25 heavy (non-hydrogen) atoms. The first kappa shape index (κ1) is 18.8. The zero-order valence-electron chi connectivity index (χ0n) is 15.7. The van der Waals surface area contributed by atoms with Crippen LogP contribution in [0.2, 0.25) is 0 Å². The molecule has 0 saturated heterocycles. The molecule has 0 aliphatic heterocycles. The molecule has 0 aliphatic carbocycles. The van der Waals surface area contributed by atoms with Crippen LogP contribution in [0, 0.1) is 5.92 Å². The lowest BCUT2D eigenvalue weighted by Crippen LogP contribution is -2.21. The minimum Gasteiger partial charge on any atom is -0.372 e. The molecule has 0 heterocycles. The summed E-state index contributed by atoms with van der Waals surface area (Å²) in [4.78, 5) is 14.1. The lowest BCUT2D eigenvalue weighted by atomic mass is 10.1. The lowest BCUT2D eigenvalue weighted by Gasteiger charge is -2.21. The van der Waals surface area contributed by atoms with Gasteiger partial charge in [0, 0.05) is 42.3 Å². The average Bonchev–Trinajstić information content (AvgIpc) is 2.58. The van der Waals surface area contributed by atoms with E-state index >= 15 is 0 Å². The van der Waals surface area contributed by atoms with Crippen LogP contribution in [0.15, 0.2) is 48.5 Å². The fourth-order valence-electron chi connectivity index (χ4n) is 2.73. The third-order valence-electron chi connectivity index (χ3n) is 4.05. The fourth-order valence-corrected chi connectivity index (χ4v) is 2.73. The van der Waals surface area contributed by atoms with E-state index in [0.717, 1.165) is 30.2 Å². The normalized spacial score (nSPS) is 10.6. The minimum absolute atomic E-state index is 0.0581. The molecule has 2 aromatic rings. The number of carbonyl (C=O) groups excluding carboxylic acids is 1. The zero-order chi connectivity index (χ0) is 18.2. The van der Waals surface area contributed by atoms with E-state index in [9.17, 15) is 4.79 Å². The first-order valence-corrected chi connectivity index (χ1v) is 9.03. The molecule has 2 aromatic carbocycles. The molecule has 2 N–H and O–H groups in total. The van der Waals surface area contributed by atoms with Crippen molar-refractivity contribution in [2.24, 2.45) is 5.92 Å². The van der Waals surface area contributed by atoms with Crippen molar-refractivity contribution in [3.05, 3.63) is 48.5 Å². The third-order valence-corrected chi connectivity index (χ3v) is 4.05. The van der Waals surface area contributed by atoms with Crippen LogP contribution in [0.5, 0.6) is 0 Å². The Labute approximate surface area is 151 Å². The average molecular weight is 339 g/mol. The molecule has 0 aromatic heterocycles. The van der Waals surface area contributed by atoms with Crippen LogP contribution in [0.3, 0.4) is 0 Å². The minimum atomic E-state index is 0.0581. The maximum atomic E-state index is 11.8. The van der Waals surface area contributed by atoms with Gasteiger partial charge in [-0.2, -0.15) is 0 Å². The molecule has 0 spiro atoms. The SMILES string of the molecule is CCN(CC)c1ccc(Nc2ccc(NC(=O)CC(C)C)cc2)cc1. The van der Waals surface area contributed by atoms with Crippen molar-refractivity contribution in [1.82, 2.24) is 0 Å². The summed E-state index contributed by atoms with van der Waals surface area (Å²) in [6.45, 7) is 10.4. The van der Waals surface area contributed by atoms with Crippen molar-refractivity contribution in [3.63, 3.8) is 0 Å². The Hall–Kier alpha value is -2.49. The van der Waals surface area contributed by atoms with Crippen molar-refractivity contribution in [2.75, 3.05) is 28.6 Å². The number of nitrogens with one attached hydrogen (secondary N) is 2. The van der Waals surface area contributed by atoms with Crippen LogP contribution < -0.4 is 15.5 Å². The van der Waals surface area contributed by atoms with Crippen molar-refractivity contribution in [1.29, 1.82) is 0 Å². The number of nitrogens with zero attached hydrogens (tertiary/aromatic N) is 1. The Morgan fingerprint density at radius 3 is 1.84 bits per heavy atom. The predicted molar refractivity (Wildman–Crippen MR) is 108 cm³/mol. The van der Waals surface area contributed by atoms with Crippen LogP contribution >= 0.6 is 0 Å². The molecule has 134 valence electrons. The number of benzene rings is 2. The summed E-state index contributed by atoms with van der Waals surface area (Å²) in [6, 6.07) is 16.2. The molecule has 0 saturated carbocycles. The van der Waals surface area contributed by atoms with Gasteiger partial charge in [-0.3, -0.25) is 4.79 Å². The number of anilines is 4. The summed E-state index contributed by atoms with van der Waals surface area (Å²) in [5.74, 6) is 0.419. The monoisotopic (exact) mass is 339 g/mol. The molecular formula is C21H29N3O. The maximum absolute atomic E-state index is 11.8. The highest BCUT2D eigenvalue weighted by Crippen LogP contribution is 2.22. The van der Waals surface area contributed by atoms with Gasteiger partial charge in [0.2, 0.25) is 5.91 Å². The van der Waals surface area contributed by atoms with Crippen LogP contribution in [-0.2, 0) is 4.79 Å². The molecule has 2 rings (SSSR count). The van der Waals surface area contributed by atoms with Crippen LogP contribution in [-0.4, -0.2) is 19.0 Å². The van der Waals surface area contributed by atoms with E-state index < -0.39 is 0 Å². The number of amides is 1. The van der Waals surface area contributed by atoms with Gasteiger partial charge in [0.05, 0.1) is 0 Å². The van der Waals surface area contributed by atoms with Gasteiger partial charge in [-0.25, -0.2) is 0 Å². The largest absolute Gasteiger partial charge is 0.372 e. The molecular weight excluding hydrogens is 310 g/mol. The maximum Gasteiger partial charge on any atom is 0.224 e. The van der Waals surface area contributed by atoms with Crippen molar-refractivity contribution in [3.8, 4) is 0 Å². The van der Waals surface area contributed by atoms with Gasteiger partial charge in [-0.15, -0.1) is 0 Å². The van der Waals surface area contributed by atoms with Crippen LogP contribution in [0.25, 0.3) is 0 Å². The Morgan fingerprint density at radius 2 is 1.36 bits per heavy atom. The molecule has 0 bridgehead atoms. The standard InChI is InChI=1S/C21H29N3O/c1-5-24(6-2)20-13-11-18(12-14-20)22-17-7-9-19(10-8-17)23-21(25)15-16(3)4/h7-14,16,22H,5-6,15H2,1-4H3,(H,23,25). The first-order valence-electron chi connectivity index (χ1n) is 9.03. The Bertz CT molecular complexity index is 659. The van der Waals surface area contributed by atoms with Crippen LogP contribution in [0.4, 0.5) is 22.7 Å². The van der Waals surface area contributed by atoms with E-state index in [1.54, 1.807) is 0 Å². The summed E-state index contributed by atoms with van der Waals surface area (Å²) in [6.07, 6.45) is 0.541. The smallest absolute Gasteiger partial charge is 0.224 e. The third kappa shape index (κ3) is 5.82. The molecule has 0 atom stereocenters. The van der Waals surface area contributed by atoms with Gasteiger partial charge in [-0.05, 0) is 68.3 Å². The predicted octanol–water partition coefficient (Wildman–Crippen LogP) is 5.26. The lowest BCUT2D eigenvalue weighted by molar-refractivity contribution is -0.116. The van der Waals surface area contributed by atoms with E-state index in [1.807, 2.05) is 38.1 Å². The van der Waals surface area contributed by atoms with E-state index in [2.05, 4.69) is 53.6 Å². The van der Waals surface area contributed by atoms with E-state index in [1.165, 1.54) is 5.69 Å². The second kappa shape index (κ2) is 9.11. The molecule has 1 amide bonds. The number of carbonyl (C=O) groups is 1. The van der Waals surface area contributed by atoms with Gasteiger partial charge < -0.3 is 15.5 Å². The number of hydrogen-bond donors (Lipinski definition) is 2. The number of hydrogen-bond acceptors (Lipinski definition) is 3. The Morgan fingerprint density at radius 1 is 0.880 bits per heavy atom.